The first kappa shape index (κ1) is 28.9. The summed E-state index contributed by atoms with van der Waals surface area (Å²) >= 11 is 0. The number of hydrogen-bond donors (Lipinski definition) is 6. The van der Waals surface area contributed by atoms with Crippen LogP contribution in [-0.4, -0.2) is 104 Å². The molecule has 3 fully saturated rings. The Hall–Kier alpha value is -3.65. The van der Waals surface area contributed by atoms with Crippen LogP contribution in [0.2, 0.25) is 0 Å². The molecule has 7 N–H and O–H groups in total. The topological polar surface area (TPSA) is 156 Å². The van der Waals surface area contributed by atoms with Crippen LogP contribution >= 0.6 is 0 Å². The minimum Gasteiger partial charge on any atom is -0.378 e. The molecule has 1 aromatic carbocycles. The van der Waals surface area contributed by atoms with Crippen LogP contribution in [0.4, 0.5) is 5.69 Å². The van der Waals surface area contributed by atoms with Crippen molar-refractivity contribution in [1.29, 1.82) is 0 Å². The van der Waals surface area contributed by atoms with Gasteiger partial charge in [0.2, 0.25) is 5.91 Å². The summed E-state index contributed by atoms with van der Waals surface area (Å²) in [4.78, 5) is 43.6. The number of benzene rings is 1. The standard InChI is InChI=1S/C28H41N9O4/c1-35(22-10-11-22)12-3-5-23(38)37-13-2-4-21(18-37)31-28-32-26(24(25(29)39)33-34-28)30-20-8-6-19(7-9-20)27(40)36-14-16-41-17-15-36/h3,5-9,21-22,28,30-34H,2,4,10-18H2,1H3,(H2,29,39)/b5-3+/t21-,28?/m1/s1. The van der Waals surface area contributed by atoms with E-state index in [0.29, 0.717) is 56.0 Å². The summed E-state index contributed by atoms with van der Waals surface area (Å²) in [6.07, 6.45) is 7.48. The molecule has 13 nitrogen and oxygen atoms in total. The summed E-state index contributed by atoms with van der Waals surface area (Å²) in [7, 11) is 2.09. The lowest BCUT2D eigenvalue weighted by molar-refractivity contribution is -0.127. The van der Waals surface area contributed by atoms with Gasteiger partial charge in [-0.3, -0.25) is 24.6 Å². The molecule has 2 saturated heterocycles. The normalized spacial score (nSPS) is 23.4. The van der Waals surface area contributed by atoms with Crippen LogP contribution in [-0.2, 0) is 14.3 Å². The average molecular weight is 568 g/mol. The summed E-state index contributed by atoms with van der Waals surface area (Å²) < 4.78 is 5.33. The molecule has 3 amide bonds. The van der Waals surface area contributed by atoms with Crippen LogP contribution in [0.1, 0.15) is 36.0 Å². The van der Waals surface area contributed by atoms with E-state index in [1.54, 1.807) is 35.2 Å². The molecule has 41 heavy (non-hydrogen) atoms. The van der Waals surface area contributed by atoms with E-state index in [0.717, 1.165) is 25.9 Å². The Morgan fingerprint density at radius 2 is 1.85 bits per heavy atom. The molecule has 1 aromatic rings. The maximum atomic E-state index is 12.8. The van der Waals surface area contributed by atoms with Crippen molar-refractivity contribution in [3.05, 3.63) is 53.5 Å². The first-order valence-corrected chi connectivity index (χ1v) is 14.4. The van der Waals surface area contributed by atoms with Gasteiger partial charge >= 0.3 is 0 Å². The number of ether oxygens (including phenoxy) is 1. The number of hydrogen-bond acceptors (Lipinski definition) is 10. The molecule has 3 aliphatic heterocycles. The number of rotatable bonds is 10. The first-order chi connectivity index (χ1) is 19.9. The number of nitrogens with two attached hydrogens (primary N) is 1. The molecule has 13 heteroatoms. The maximum Gasteiger partial charge on any atom is 0.269 e. The third-order valence-corrected chi connectivity index (χ3v) is 7.79. The Kier molecular flexibility index (Phi) is 9.39. The highest BCUT2D eigenvalue weighted by Gasteiger charge is 2.29. The molecule has 0 spiro atoms. The fourth-order valence-electron chi connectivity index (χ4n) is 5.25. The second-order valence-electron chi connectivity index (χ2n) is 10.9. The Labute approximate surface area is 240 Å². The highest BCUT2D eigenvalue weighted by Crippen LogP contribution is 2.25. The van der Waals surface area contributed by atoms with Gasteiger partial charge in [0.05, 0.1) is 13.2 Å². The van der Waals surface area contributed by atoms with Gasteiger partial charge in [-0.25, -0.2) is 5.43 Å². The Morgan fingerprint density at radius 3 is 2.56 bits per heavy atom. The van der Waals surface area contributed by atoms with Crippen molar-refractivity contribution >= 4 is 23.4 Å². The second-order valence-corrected chi connectivity index (χ2v) is 10.9. The summed E-state index contributed by atoms with van der Waals surface area (Å²) in [6.45, 7) is 4.33. The van der Waals surface area contributed by atoms with E-state index in [1.807, 2.05) is 11.0 Å². The third-order valence-electron chi connectivity index (χ3n) is 7.79. The van der Waals surface area contributed by atoms with Crippen LogP contribution in [0, 0.1) is 0 Å². The highest BCUT2D eigenvalue weighted by molar-refractivity contribution is 5.95. The first-order valence-electron chi connectivity index (χ1n) is 14.4. The summed E-state index contributed by atoms with van der Waals surface area (Å²) in [5.74, 6) is -0.257. The lowest BCUT2D eigenvalue weighted by Gasteiger charge is -2.38. The van der Waals surface area contributed by atoms with E-state index in [4.69, 9.17) is 10.5 Å². The van der Waals surface area contributed by atoms with Gasteiger partial charge in [-0.05, 0) is 57.0 Å². The molecule has 5 rings (SSSR count). The predicted octanol–water partition coefficient (Wildman–Crippen LogP) is -0.563. The molecule has 0 bridgehead atoms. The quantitative estimate of drug-likeness (QED) is 0.203. The molecule has 2 atom stereocenters. The number of nitrogens with zero attached hydrogens (tertiary/aromatic N) is 3. The van der Waals surface area contributed by atoms with Gasteiger partial charge in [0.15, 0.2) is 12.0 Å². The molecule has 222 valence electrons. The lowest BCUT2D eigenvalue weighted by atomic mass is 10.1. The van der Waals surface area contributed by atoms with Crippen molar-refractivity contribution in [2.45, 2.75) is 44.1 Å². The number of amides is 3. The minimum absolute atomic E-state index is 0.0252. The van der Waals surface area contributed by atoms with Gasteiger partial charge in [-0.2, -0.15) is 0 Å². The number of likely N-dealkylation sites (tertiary alicyclic amines) is 1. The third kappa shape index (κ3) is 7.76. The van der Waals surface area contributed by atoms with Crippen LogP contribution in [0.5, 0.6) is 0 Å². The van der Waals surface area contributed by atoms with E-state index in [-0.39, 0.29) is 23.6 Å². The summed E-state index contributed by atoms with van der Waals surface area (Å²) in [6, 6.07) is 7.78. The molecule has 3 heterocycles. The van der Waals surface area contributed by atoms with Crippen molar-refractivity contribution in [3.63, 3.8) is 0 Å². The fourth-order valence-corrected chi connectivity index (χ4v) is 5.25. The van der Waals surface area contributed by atoms with Crippen LogP contribution < -0.4 is 32.5 Å². The minimum atomic E-state index is -0.640. The van der Waals surface area contributed by atoms with E-state index in [2.05, 4.69) is 38.7 Å². The Morgan fingerprint density at radius 1 is 1.10 bits per heavy atom. The van der Waals surface area contributed by atoms with Crippen LogP contribution in [0.15, 0.2) is 47.9 Å². The van der Waals surface area contributed by atoms with E-state index < -0.39 is 12.2 Å². The number of carbonyl (C=O) groups is 3. The second kappa shape index (κ2) is 13.3. The van der Waals surface area contributed by atoms with Crippen molar-refractivity contribution in [2.24, 2.45) is 5.73 Å². The monoisotopic (exact) mass is 567 g/mol. The molecule has 1 saturated carbocycles. The van der Waals surface area contributed by atoms with E-state index in [1.165, 1.54) is 12.8 Å². The number of likely N-dealkylation sites (N-methyl/N-ethyl adjacent to an activating group) is 1. The largest absolute Gasteiger partial charge is 0.378 e. The van der Waals surface area contributed by atoms with E-state index in [9.17, 15) is 14.4 Å². The van der Waals surface area contributed by atoms with E-state index >= 15 is 0 Å². The number of carbonyl (C=O) groups excluding carboxylic acids is 3. The SMILES string of the molecule is CN(C/C=C/C(=O)N1CCC[C@@H](NC2NNC(C(N)=O)=C(Nc3ccc(C(=O)N4CCOCC4)cc3)N2)C1)C1CC1. The van der Waals surface area contributed by atoms with Gasteiger partial charge in [0.1, 0.15) is 5.82 Å². The van der Waals surface area contributed by atoms with Gasteiger partial charge < -0.3 is 36.3 Å². The number of morpholine rings is 1. The Balaban J connectivity index is 1.15. The number of hydrazine groups is 1. The number of nitrogens with one attached hydrogen (secondary N) is 5. The molecular weight excluding hydrogens is 526 g/mol. The van der Waals surface area contributed by atoms with Crippen molar-refractivity contribution in [3.8, 4) is 0 Å². The van der Waals surface area contributed by atoms with Crippen molar-refractivity contribution in [1.82, 2.24) is 36.2 Å². The number of primary amides is 1. The number of anilines is 1. The Bertz CT molecular complexity index is 1160. The lowest BCUT2D eigenvalue weighted by Crippen LogP contribution is -2.66. The molecular formula is C28H41N9O4. The highest BCUT2D eigenvalue weighted by atomic mass is 16.5. The zero-order chi connectivity index (χ0) is 28.8. The zero-order valence-electron chi connectivity index (χ0n) is 23.5. The van der Waals surface area contributed by atoms with Gasteiger partial charge in [0.25, 0.3) is 11.8 Å². The molecule has 4 aliphatic rings. The zero-order valence-corrected chi connectivity index (χ0v) is 23.5. The van der Waals surface area contributed by atoms with Crippen LogP contribution in [0.3, 0.4) is 0 Å². The van der Waals surface area contributed by atoms with Gasteiger partial charge in [0, 0.05) is 62.1 Å². The maximum absolute atomic E-state index is 12.8. The molecule has 0 aromatic heterocycles. The molecule has 0 radical (unpaired) electrons. The molecule has 1 aliphatic carbocycles. The molecule has 1 unspecified atom stereocenters. The number of piperidine rings is 1. The van der Waals surface area contributed by atoms with Gasteiger partial charge in [-0.1, -0.05) is 6.08 Å². The average Bonchev–Trinajstić information content (AvgIpc) is 3.84. The summed E-state index contributed by atoms with van der Waals surface area (Å²) in [5, 5.41) is 9.93. The van der Waals surface area contributed by atoms with Gasteiger partial charge in [-0.15, -0.1) is 0 Å². The fraction of sp³-hybridized carbons (Fsp3) is 0.536. The van der Waals surface area contributed by atoms with Crippen molar-refractivity contribution < 1.29 is 19.1 Å². The van der Waals surface area contributed by atoms with Crippen LogP contribution in [0.25, 0.3) is 0 Å². The summed E-state index contributed by atoms with van der Waals surface area (Å²) in [5.41, 5.74) is 12.9. The predicted molar refractivity (Wildman–Crippen MR) is 154 cm³/mol. The smallest absolute Gasteiger partial charge is 0.269 e. The van der Waals surface area contributed by atoms with Crippen molar-refractivity contribution in [2.75, 3.05) is 58.3 Å².